The van der Waals surface area contributed by atoms with Gasteiger partial charge >= 0.3 is 0 Å². The molecular formula is C13H28N2O2. The molecule has 0 radical (unpaired) electrons. The monoisotopic (exact) mass is 244 g/mol. The second kappa shape index (κ2) is 12.0. The minimum atomic E-state index is -0.303. The normalized spacial score (nSPS) is 12.9. The Balaban J connectivity index is 3.32. The molecule has 0 saturated carbocycles. The van der Waals surface area contributed by atoms with E-state index in [9.17, 15) is 5.11 Å². The quantitative estimate of drug-likeness (QED) is 0.395. The van der Waals surface area contributed by atoms with Crippen LogP contribution in [-0.2, 0) is 4.74 Å². The average molecular weight is 244 g/mol. The minimum absolute atomic E-state index is 0.303. The molecule has 0 fully saturated rings. The van der Waals surface area contributed by atoms with E-state index >= 15 is 0 Å². The number of hydrogen-bond acceptors (Lipinski definition) is 4. The lowest BCUT2D eigenvalue weighted by Gasteiger charge is -2.22. The Morgan fingerprint density at radius 2 is 2.06 bits per heavy atom. The van der Waals surface area contributed by atoms with Gasteiger partial charge in [0.25, 0.3) is 0 Å². The van der Waals surface area contributed by atoms with Crippen molar-refractivity contribution in [2.45, 2.75) is 26.4 Å². The Hall–Kier alpha value is -0.420. The molecule has 0 saturated heterocycles. The van der Waals surface area contributed by atoms with Crippen LogP contribution in [0.2, 0.25) is 0 Å². The molecule has 1 unspecified atom stereocenters. The molecule has 0 aliphatic heterocycles. The maximum Gasteiger partial charge on any atom is 0.0791 e. The number of likely N-dealkylation sites (N-methyl/N-ethyl adjacent to an activating group) is 1. The molecule has 0 aliphatic rings. The summed E-state index contributed by atoms with van der Waals surface area (Å²) in [6.45, 7) is 13.4. The Labute approximate surface area is 106 Å². The van der Waals surface area contributed by atoms with Crippen molar-refractivity contribution in [3.63, 3.8) is 0 Å². The molecule has 0 bridgehead atoms. The van der Waals surface area contributed by atoms with Crippen LogP contribution in [0.1, 0.15) is 20.3 Å². The maximum atomic E-state index is 9.76. The second-order valence-corrected chi connectivity index (χ2v) is 4.03. The molecule has 102 valence electrons. The first-order valence-electron chi connectivity index (χ1n) is 6.54. The van der Waals surface area contributed by atoms with Gasteiger partial charge < -0.3 is 20.1 Å². The zero-order chi connectivity index (χ0) is 12.9. The predicted octanol–water partition coefficient (Wildman–Crippen LogP) is 0.871. The summed E-state index contributed by atoms with van der Waals surface area (Å²) in [6.07, 6.45) is 2.44. The van der Waals surface area contributed by atoms with E-state index in [4.69, 9.17) is 4.74 Å². The molecule has 0 aliphatic carbocycles. The number of nitrogens with one attached hydrogen (secondary N) is 1. The summed E-state index contributed by atoms with van der Waals surface area (Å²) in [5, 5.41) is 13.0. The number of rotatable bonds is 12. The van der Waals surface area contributed by atoms with Crippen LogP contribution in [0.4, 0.5) is 0 Å². The van der Waals surface area contributed by atoms with E-state index in [1.807, 2.05) is 6.08 Å². The van der Waals surface area contributed by atoms with E-state index in [0.29, 0.717) is 13.2 Å². The first kappa shape index (κ1) is 16.6. The number of ether oxygens (including phenoxy) is 1. The highest BCUT2D eigenvalue weighted by Crippen LogP contribution is 1.91. The van der Waals surface area contributed by atoms with Crippen LogP contribution in [0.25, 0.3) is 0 Å². The van der Waals surface area contributed by atoms with Crippen molar-refractivity contribution in [3.05, 3.63) is 12.7 Å². The van der Waals surface area contributed by atoms with Crippen LogP contribution < -0.4 is 5.32 Å². The third kappa shape index (κ3) is 10.5. The molecule has 4 nitrogen and oxygen atoms in total. The van der Waals surface area contributed by atoms with Gasteiger partial charge in [0.05, 0.1) is 19.3 Å². The average Bonchev–Trinajstić information content (AvgIpc) is 2.34. The summed E-state index contributed by atoms with van der Waals surface area (Å²) in [5.74, 6) is 0. The van der Waals surface area contributed by atoms with E-state index in [0.717, 1.165) is 39.2 Å². The molecular weight excluding hydrogens is 216 g/mol. The van der Waals surface area contributed by atoms with Crippen LogP contribution >= 0.6 is 0 Å². The van der Waals surface area contributed by atoms with Crippen molar-refractivity contribution in [2.75, 3.05) is 45.9 Å². The molecule has 0 rings (SSSR count). The van der Waals surface area contributed by atoms with Crippen molar-refractivity contribution in [2.24, 2.45) is 0 Å². The molecule has 0 spiro atoms. The highest BCUT2D eigenvalue weighted by molar-refractivity contribution is 4.66. The lowest BCUT2D eigenvalue weighted by atomic mass is 10.3. The number of nitrogens with zero attached hydrogens (tertiary/aromatic N) is 1. The number of aliphatic hydroxyl groups is 1. The summed E-state index contributed by atoms with van der Waals surface area (Å²) in [5.41, 5.74) is 0. The van der Waals surface area contributed by atoms with Gasteiger partial charge in [0.15, 0.2) is 0 Å². The fourth-order valence-electron chi connectivity index (χ4n) is 1.53. The molecule has 0 amide bonds. The molecule has 2 N–H and O–H groups in total. The topological polar surface area (TPSA) is 44.7 Å². The van der Waals surface area contributed by atoms with Crippen LogP contribution in [0.5, 0.6) is 0 Å². The summed E-state index contributed by atoms with van der Waals surface area (Å²) < 4.78 is 5.35. The van der Waals surface area contributed by atoms with Gasteiger partial charge in [-0.3, -0.25) is 0 Å². The fourth-order valence-corrected chi connectivity index (χ4v) is 1.53. The van der Waals surface area contributed by atoms with Crippen molar-refractivity contribution < 1.29 is 9.84 Å². The zero-order valence-electron chi connectivity index (χ0n) is 11.3. The summed E-state index contributed by atoms with van der Waals surface area (Å²) in [7, 11) is 0. The molecule has 0 aromatic heterocycles. The highest BCUT2D eigenvalue weighted by Gasteiger charge is 2.07. The van der Waals surface area contributed by atoms with Gasteiger partial charge in [0.2, 0.25) is 0 Å². The largest absolute Gasteiger partial charge is 0.390 e. The third-order valence-corrected chi connectivity index (χ3v) is 2.63. The Morgan fingerprint density at radius 3 is 2.65 bits per heavy atom. The van der Waals surface area contributed by atoms with Crippen LogP contribution in [-0.4, -0.2) is 62.0 Å². The maximum absolute atomic E-state index is 9.76. The van der Waals surface area contributed by atoms with Crippen molar-refractivity contribution in [1.82, 2.24) is 10.2 Å². The number of aliphatic hydroxyl groups excluding tert-OH is 1. The summed E-state index contributed by atoms with van der Waals surface area (Å²) in [6, 6.07) is 0. The predicted molar refractivity (Wildman–Crippen MR) is 72.3 cm³/mol. The van der Waals surface area contributed by atoms with Crippen LogP contribution in [0, 0.1) is 0 Å². The Kier molecular flexibility index (Phi) is 11.8. The van der Waals surface area contributed by atoms with Gasteiger partial charge in [-0.2, -0.15) is 0 Å². The van der Waals surface area contributed by atoms with Gasteiger partial charge in [-0.15, -0.1) is 6.58 Å². The lowest BCUT2D eigenvalue weighted by Crippen LogP contribution is -2.39. The number of hydrogen-bond donors (Lipinski definition) is 2. The van der Waals surface area contributed by atoms with Crippen molar-refractivity contribution in [1.29, 1.82) is 0 Å². The molecule has 17 heavy (non-hydrogen) atoms. The van der Waals surface area contributed by atoms with Gasteiger partial charge in [0, 0.05) is 19.6 Å². The van der Waals surface area contributed by atoms with Gasteiger partial charge in [-0.25, -0.2) is 0 Å². The summed E-state index contributed by atoms with van der Waals surface area (Å²) >= 11 is 0. The van der Waals surface area contributed by atoms with Crippen LogP contribution in [0.15, 0.2) is 12.7 Å². The molecule has 0 aromatic rings. The molecule has 0 heterocycles. The molecule has 0 aromatic carbocycles. The summed E-state index contributed by atoms with van der Waals surface area (Å²) in [4.78, 5) is 2.22. The first-order chi connectivity index (χ1) is 8.24. The smallest absolute Gasteiger partial charge is 0.0791 e. The van der Waals surface area contributed by atoms with Gasteiger partial charge in [-0.05, 0) is 19.5 Å². The standard InChI is InChI=1S/C13H28N2O2/c1-4-7-9-17-10-8-14-11-13(16)12-15(5-2)6-3/h4,13-14,16H,1,5-12H2,2-3H3. The van der Waals surface area contributed by atoms with E-state index in [-0.39, 0.29) is 6.10 Å². The third-order valence-electron chi connectivity index (χ3n) is 2.63. The molecule has 1 atom stereocenters. The van der Waals surface area contributed by atoms with Crippen molar-refractivity contribution >= 4 is 0 Å². The van der Waals surface area contributed by atoms with E-state index < -0.39 is 0 Å². The van der Waals surface area contributed by atoms with E-state index in [1.165, 1.54) is 0 Å². The zero-order valence-corrected chi connectivity index (χ0v) is 11.3. The fraction of sp³-hybridized carbons (Fsp3) is 0.846. The van der Waals surface area contributed by atoms with Gasteiger partial charge in [-0.1, -0.05) is 19.9 Å². The molecule has 4 heteroatoms. The van der Waals surface area contributed by atoms with Gasteiger partial charge in [0.1, 0.15) is 0 Å². The Bertz CT molecular complexity index is 173. The van der Waals surface area contributed by atoms with Crippen LogP contribution in [0.3, 0.4) is 0 Å². The van der Waals surface area contributed by atoms with E-state index in [2.05, 4.69) is 30.6 Å². The van der Waals surface area contributed by atoms with Crippen molar-refractivity contribution in [3.8, 4) is 0 Å². The first-order valence-corrected chi connectivity index (χ1v) is 6.54. The SMILES string of the molecule is C=CCCOCCNCC(O)CN(CC)CC. The lowest BCUT2D eigenvalue weighted by molar-refractivity contribution is 0.108. The Morgan fingerprint density at radius 1 is 1.35 bits per heavy atom. The second-order valence-electron chi connectivity index (χ2n) is 4.03. The highest BCUT2D eigenvalue weighted by atomic mass is 16.5. The van der Waals surface area contributed by atoms with E-state index in [1.54, 1.807) is 0 Å². The minimum Gasteiger partial charge on any atom is -0.390 e.